The molecule has 1 aliphatic carbocycles. The summed E-state index contributed by atoms with van der Waals surface area (Å²) in [6.07, 6.45) is 2.66. The summed E-state index contributed by atoms with van der Waals surface area (Å²) in [5.74, 6) is 0. The number of hydrogen-bond donors (Lipinski definition) is 0. The first-order chi connectivity index (χ1) is 5.95. The van der Waals surface area contributed by atoms with Crippen molar-refractivity contribution >= 4 is 0 Å². The number of hydrogen-bond acceptors (Lipinski definition) is 2. The van der Waals surface area contributed by atoms with Gasteiger partial charge >= 0.3 is 0 Å². The van der Waals surface area contributed by atoms with E-state index in [9.17, 15) is 0 Å². The Kier molecular flexibility index (Phi) is 2.39. The van der Waals surface area contributed by atoms with E-state index in [1.165, 1.54) is 0 Å². The second-order valence-electron chi connectivity index (χ2n) is 3.04. The Balaban J connectivity index is 1.72. The summed E-state index contributed by atoms with van der Waals surface area (Å²) in [6, 6.07) is 10.0. The lowest BCUT2D eigenvalue weighted by molar-refractivity contribution is -0.312. The Hall–Kier alpha value is -0.860. The Morgan fingerprint density at radius 2 is 1.92 bits per heavy atom. The molecule has 64 valence electrons. The number of benzene rings is 1. The van der Waals surface area contributed by atoms with Crippen molar-refractivity contribution in [3.05, 3.63) is 35.9 Å². The van der Waals surface area contributed by atoms with Crippen molar-refractivity contribution in [3.8, 4) is 0 Å². The first kappa shape index (κ1) is 7.77. The minimum atomic E-state index is 0.369. The van der Waals surface area contributed by atoms with Gasteiger partial charge in [0, 0.05) is 0 Å². The van der Waals surface area contributed by atoms with Crippen LogP contribution < -0.4 is 0 Å². The SMILES string of the molecule is c1ccc(COOC2CC2)cc1. The average molecular weight is 164 g/mol. The quantitative estimate of drug-likeness (QED) is 0.502. The standard InChI is InChI=1S/C10H12O2/c1-2-4-9(5-3-1)8-11-12-10-6-7-10/h1-5,10H,6-8H2. The van der Waals surface area contributed by atoms with E-state index in [2.05, 4.69) is 0 Å². The molecule has 12 heavy (non-hydrogen) atoms. The molecule has 0 amide bonds. The third kappa shape index (κ3) is 2.32. The molecule has 1 aromatic rings. The van der Waals surface area contributed by atoms with E-state index < -0.39 is 0 Å². The van der Waals surface area contributed by atoms with Crippen LogP contribution in [-0.2, 0) is 16.4 Å². The third-order valence-electron chi connectivity index (χ3n) is 1.80. The lowest BCUT2D eigenvalue weighted by Gasteiger charge is -2.01. The van der Waals surface area contributed by atoms with E-state index in [0.29, 0.717) is 12.7 Å². The molecule has 2 heteroatoms. The van der Waals surface area contributed by atoms with Crippen molar-refractivity contribution in [1.82, 2.24) is 0 Å². The molecule has 0 spiro atoms. The molecule has 0 atom stereocenters. The van der Waals surface area contributed by atoms with E-state index >= 15 is 0 Å². The molecule has 1 aromatic carbocycles. The average Bonchev–Trinajstić information content (AvgIpc) is 2.90. The third-order valence-corrected chi connectivity index (χ3v) is 1.80. The van der Waals surface area contributed by atoms with Crippen LogP contribution in [-0.4, -0.2) is 6.10 Å². The van der Waals surface area contributed by atoms with Gasteiger partial charge in [-0.05, 0) is 18.4 Å². The van der Waals surface area contributed by atoms with Gasteiger partial charge in [0.15, 0.2) is 0 Å². The van der Waals surface area contributed by atoms with Gasteiger partial charge in [-0.1, -0.05) is 30.3 Å². The molecular formula is C10H12O2. The minimum Gasteiger partial charge on any atom is -0.233 e. The highest BCUT2D eigenvalue weighted by Gasteiger charge is 2.23. The van der Waals surface area contributed by atoms with E-state index in [0.717, 1.165) is 18.4 Å². The fraction of sp³-hybridized carbons (Fsp3) is 0.400. The van der Waals surface area contributed by atoms with Crippen LogP contribution in [0.4, 0.5) is 0 Å². The van der Waals surface area contributed by atoms with Crippen LogP contribution in [0.15, 0.2) is 30.3 Å². The van der Waals surface area contributed by atoms with Gasteiger partial charge < -0.3 is 0 Å². The van der Waals surface area contributed by atoms with Crippen LogP contribution in [0.2, 0.25) is 0 Å². The zero-order valence-corrected chi connectivity index (χ0v) is 6.90. The summed E-state index contributed by atoms with van der Waals surface area (Å²) in [5.41, 5.74) is 1.15. The van der Waals surface area contributed by atoms with Crippen LogP contribution in [0.3, 0.4) is 0 Å². The molecule has 1 fully saturated rings. The van der Waals surface area contributed by atoms with Crippen molar-refractivity contribution in [2.45, 2.75) is 25.6 Å². The molecule has 0 unspecified atom stereocenters. The molecule has 0 N–H and O–H groups in total. The molecule has 0 heterocycles. The minimum absolute atomic E-state index is 0.369. The molecular weight excluding hydrogens is 152 g/mol. The van der Waals surface area contributed by atoms with Gasteiger partial charge in [-0.3, -0.25) is 0 Å². The molecule has 2 nitrogen and oxygen atoms in total. The van der Waals surface area contributed by atoms with E-state index in [-0.39, 0.29) is 0 Å². The van der Waals surface area contributed by atoms with Crippen LogP contribution in [0.25, 0.3) is 0 Å². The summed E-state index contributed by atoms with van der Waals surface area (Å²) in [6.45, 7) is 0.553. The molecule has 0 aliphatic heterocycles. The second kappa shape index (κ2) is 3.70. The highest BCUT2D eigenvalue weighted by molar-refractivity contribution is 5.13. The van der Waals surface area contributed by atoms with Gasteiger partial charge in [0.2, 0.25) is 0 Å². The molecule has 0 saturated heterocycles. The molecule has 1 saturated carbocycles. The topological polar surface area (TPSA) is 18.5 Å². The highest BCUT2D eigenvalue weighted by atomic mass is 17.2. The van der Waals surface area contributed by atoms with Crippen LogP contribution in [0.5, 0.6) is 0 Å². The lowest BCUT2D eigenvalue weighted by Crippen LogP contribution is -1.96. The lowest BCUT2D eigenvalue weighted by atomic mass is 10.2. The van der Waals surface area contributed by atoms with Crippen molar-refractivity contribution in [2.75, 3.05) is 0 Å². The molecule has 0 radical (unpaired) electrons. The van der Waals surface area contributed by atoms with Crippen molar-refractivity contribution in [1.29, 1.82) is 0 Å². The zero-order valence-electron chi connectivity index (χ0n) is 6.90. The summed E-state index contributed by atoms with van der Waals surface area (Å²) < 4.78 is 0. The van der Waals surface area contributed by atoms with Gasteiger partial charge in [-0.25, -0.2) is 9.78 Å². The summed E-state index contributed by atoms with van der Waals surface area (Å²) in [5, 5.41) is 0. The maximum Gasteiger partial charge on any atom is 0.107 e. The van der Waals surface area contributed by atoms with Crippen molar-refractivity contribution in [2.24, 2.45) is 0 Å². The molecule has 2 rings (SSSR count). The predicted molar refractivity (Wildman–Crippen MR) is 45.3 cm³/mol. The van der Waals surface area contributed by atoms with Gasteiger partial charge in [0.1, 0.15) is 6.61 Å². The van der Waals surface area contributed by atoms with E-state index in [1.54, 1.807) is 0 Å². The first-order valence-corrected chi connectivity index (χ1v) is 4.27. The predicted octanol–water partition coefficient (Wildman–Crippen LogP) is 2.30. The normalized spacial score (nSPS) is 16.3. The summed E-state index contributed by atoms with van der Waals surface area (Å²) in [7, 11) is 0. The maximum absolute atomic E-state index is 5.06. The maximum atomic E-state index is 5.06. The number of rotatable bonds is 4. The first-order valence-electron chi connectivity index (χ1n) is 4.27. The van der Waals surface area contributed by atoms with E-state index in [1.807, 2.05) is 30.3 Å². The van der Waals surface area contributed by atoms with Crippen LogP contribution >= 0.6 is 0 Å². The molecule has 0 bridgehead atoms. The Bertz CT molecular complexity index is 229. The fourth-order valence-electron chi connectivity index (χ4n) is 0.937. The second-order valence-corrected chi connectivity index (χ2v) is 3.04. The Labute approximate surface area is 72.0 Å². The molecule has 0 aromatic heterocycles. The van der Waals surface area contributed by atoms with Gasteiger partial charge in [0.05, 0.1) is 6.10 Å². The largest absolute Gasteiger partial charge is 0.233 e. The highest BCUT2D eigenvalue weighted by Crippen LogP contribution is 2.23. The summed E-state index contributed by atoms with van der Waals surface area (Å²) in [4.78, 5) is 10.1. The van der Waals surface area contributed by atoms with Crippen molar-refractivity contribution in [3.63, 3.8) is 0 Å². The van der Waals surface area contributed by atoms with Gasteiger partial charge in [0.25, 0.3) is 0 Å². The van der Waals surface area contributed by atoms with Crippen molar-refractivity contribution < 1.29 is 9.78 Å². The Morgan fingerprint density at radius 1 is 1.17 bits per heavy atom. The van der Waals surface area contributed by atoms with Gasteiger partial charge in [-0.15, -0.1) is 0 Å². The monoisotopic (exact) mass is 164 g/mol. The fourth-order valence-corrected chi connectivity index (χ4v) is 0.937. The zero-order chi connectivity index (χ0) is 8.23. The smallest absolute Gasteiger partial charge is 0.107 e. The van der Waals surface area contributed by atoms with Gasteiger partial charge in [-0.2, -0.15) is 0 Å². The summed E-state index contributed by atoms with van der Waals surface area (Å²) >= 11 is 0. The van der Waals surface area contributed by atoms with Crippen LogP contribution in [0.1, 0.15) is 18.4 Å². The van der Waals surface area contributed by atoms with Crippen LogP contribution in [0, 0.1) is 0 Å². The van der Waals surface area contributed by atoms with E-state index in [4.69, 9.17) is 9.78 Å². The molecule has 1 aliphatic rings. The Morgan fingerprint density at radius 3 is 2.58 bits per heavy atom.